The summed E-state index contributed by atoms with van der Waals surface area (Å²) < 4.78 is 14.6. The van der Waals surface area contributed by atoms with Crippen molar-refractivity contribution in [1.82, 2.24) is 9.55 Å². The average Bonchev–Trinajstić information content (AvgIpc) is 2.31. The van der Waals surface area contributed by atoms with Gasteiger partial charge in [-0.25, -0.2) is 9.37 Å². The summed E-state index contributed by atoms with van der Waals surface area (Å²) in [5, 5.41) is 0. The number of benzene rings is 1. The molecule has 0 bridgehead atoms. The first-order valence-corrected chi connectivity index (χ1v) is 5.58. The van der Waals surface area contributed by atoms with Crippen LogP contribution in [0.5, 0.6) is 0 Å². The Bertz CT molecular complexity index is 639. The van der Waals surface area contributed by atoms with Crippen LogP contribution in [0, 0.1) is 5.82 Å². The normalized spacial score (nSPS) is 10.5. The molecule has 1 aromatic heterocycles. The Kier molecular flexibility index (Phi) is 2.97. The Hall–Kier alpha value is -1.69. The number of nitrogens with two attached hydrogens (primary N) is 1. The second-order valence-electron chi connectivity index (χ2n) is 3.51. The van der Waals surface area contributed by atoms with Crippen molar-refractivity contribution >= 4 is 21.9 Å². The van der Waals surface area contributed by atoms with E-state index >= 15 is 0 Å². The van der Waals surface area contributed by atoms with Crippen LogP contribution in [0.2, 0.25) is 0 Å². The maximum atomic E-state index is 13.1. The Morgan fingerprint density at radius 2 is 2.18 bits per heavy atom. The van der Waals surface area contributed by atoms with Gasteiger partial charge in [-0.1, -0.05) is 12.1 Å². The molecule has 0 amide bonds. The highest BCUT2D eigenvalue weighted by Gasteiger charge is 2.12. The lowest BCUT2D eigenvalue weighted by Gasteiger charge is -2.08. The van der Waals surface area contributed by atoms with Gasteiger partial charge < -0.3 is 5.73 Å². The highest BCUT2D eigenvalue weighted by atomic mass is 79.9. The summed E-state index contributed by atoms with van der Waals surface area (Å²) in [6, 6.07) is 5.83. The van der Waals surface area contributed by atoms with Crippen molar-refractivity contribution in [3.05, 3.63) is 44.9 Å². The first-order valence-electron chi connectivity index (χ1n) is 4.78. The Balaban J connectivity index is 2.73. The molecule has 4 nitrogen and oxygen atoms in total. The van der Waals surface area contributed by atoms with Gasteiger partial charge in [0.25, 0.3) is 5.56 Å². The predicted molar refractivity (Wildman–Crippen MR) is 67.0 cm³/mol. The minimum Gasteiger partial charge on any atom is -0.369 e. The van der Waals surface area contributed by atoms with Crippen molar-refractivity contribution in [1.29, 1.82) is 0 Å². The van der Waals surface area contributed by atoms with Gasteiger partial charge in [0.15, 0.2) is 0 Å². The molecule has 0 aliphatic heterocycles. The van der Waals surface area contributed by atoms with Gasteiger partial charge in [-0.2, -0.15) is 0 Å². The van der Waals surface area contributed by atoms with E-state index in [2.05, 4.69) is 20.9 Å². The monoisotopic (exact) mass is 297 g/mol. The van der Waals surface area contributed by atoms with Crippen LogP contribution < -0.4 is 11.3 Å². The number of aromatic nitrogens is 2. The molecule has 0 atom stereocenters. The summed E-state index contributed by atoms with van der Waals surface area (Å²) in [7, 11) is 1.52. The molecular formula is C11H9BrFN3O. The number of halogens is 2. The summed E-state index contributed by atoms with van der Waals surface area (Å²) in [5.41, 5.74) is 6.13. The number of nitrogens with zero attached hydrogens (tertiary/aromatic N) is 2. The van der Waals surface area contributed by atoms with Crippen LogP contribution >= 0.6 is 15.9 Å². The van der Waals surface area contributed by atoms with E-state index < -0.39 is 5.82 Å². The number of hydrogen-bond donors (Lipinski definition) is 1. The second kappa shape index (κ2) is 4.29. The minimum absolute atomic E-state index is 0.0810. The number of hydrogen-bond acceptors (Lipinski definition) is 3. The highest BCUT2D eigenvalue weighted by Crippen LogP contribution is 2.24. The summed E-state index contributed by atoms with van der Waals surface area (Å²) >= 11 is 3.15. The zero-order chi connectivity index (χ0) is 12.6. The van der Waals surface area contributed by atoms with Crippen LogP contribution in [-0.4, -0.2) is 9.55 Å². The predicted octanol–water partition coefficient (Wildman–Crippen LogP) is 1.93. The van der Waals surface area contributed by atoms with Crippen molar-refractivity contribution in [2.75, 3.05) is 5.73 Å². The fourth-order valence-electron chi connectivity index (χ4n) is 1.42. The topological polar surface area (TPSA) is 60.9 Å². The molecule has 1 heterocycles. The standard InChI is InChI=1S/C11H9BrFN3O/c1-16-10(17)8(12)9(15-11(16)14)6-3-2-4-7(13)5-6/h2-5H,1H3,(H2,14,15). The SMILES string of the molecule is Cn1c(N)nc(-c2cccc(F)c2)c(Br)c1=O. The molecule has 0 aliphatic carbocycles. The maximum absolute atomic E-state index is 13.1. The van der Waals surface area contributed by atoms with E-state index in [1.165, 1.54) is 23.7 Å². The van der Waals surface area contributed by atoms with Crippen LogP contribution in [0.15, 0.2) is 33.5 Å². The van der Waals surface area contributed by atoms with Gasteiger partial charge in [0.05, 0.1) is 5.69 Å². The smallest absolute Gasteiger partial charge is 0.269 e. The van der Waals surface area contributed by atoms with E-state index in [1.807, 2.05) is 0 Å². The van der Waals surface area contributed by atoms with Gasteiger partial charge in [0.1, 0.15) is 10.3 Å². The molecule has 0 aliphatic rings. The third-order valence-electron chi connectivity index (χ3n) is 2.37. The van der Waals surface area contributed by atoms with Gasteiger partial charge in [-0.05, 0) is 28.1 Å². The lowest BCUT2D eigenvalue weighted by atomic mass is 10.1. The molecule has 2 rings (SSSR count). The van der Waals surface area contributed by atoms with E-state index in [9.17, 15) is 9.18 Å². The maximum Gasteiger partial charge on any atom is 0.269 e. The van der Waals surface area contributed by atoms with Crippen LogP contribution in [0.3, 0.4) is 0 Å². The van der Waals surface area contributed by atoms with Crippen LogP contribution in [-0.2, 0) is 7.05 Å². The molecule has 2 N–H and O–H groups in total. The van der Waals surface area contributed by atoms with E-state index in [4.69, 9.17) is 5.73 Å². The molecule has 0 saturated carbocycles. The second-order valence-corrected chi connectivity index (χ2v) is 4.30. The largest absolute Gasteiger partial charge is 0.369 e. The van der Waals surface area contributed by atoms with Gasteiger partial charge in [0.2, 0.25) is 5.95 Å². The number of rotatable bonds is 1. The third kappa shape index (κ3) is 2.08. The van der Waals surface area contributed by atoms with E-state index in [0.29, 0.717) is 11.3 Å². The quantitative estimate of drug-likeness (QED) is 0.875. The van der Waals surface area contributed by atoms with Crippen LogP contribution in [0.1, 0.15) is 0 Å². The van der Waals surface area contributed by atoms with Crippen molar-refractivity contribution in [2.24, 2.45) is 7.05 Å². The molecule has 2 aromatic rings. The molecule has 1 aromatic carbocycles. The van der Waals surface area contributed by atoms with Crippen LogP contribution in [0.25, 0.3) is 11.3 Å². The molecule has 88 valence electrons. The summed E-state index contributed by atoms with van der Waals surface area (Å²) in [6.45, 7) is 0. The molecule has 0 unspecified atom stereocenters. The molecule has 17 heavy (non-hydrogen) atoms. The molecule has 0 spiro atoms. The van der Waals surface area contributed by atoms with E-state index in [0.717, 1.165) is 0 Å². The van der Waals surface area contributed by atoms with Crippen molar-refractivity contribution in [3.63, 3.8) is 0 Å². The fraction of sp³-hybridized carbons (Fsp3) is 0.0909. The number of nitrogen functional groups attached to an aromatic ring is 1. The summed E-state index contributed by atoms with van der Waals surface area (Å²) in [5.74, 6) is -0.312. The fourth-order valence-corrected chi connectivity index (χ4v) is 2.00. The molecule has 0 fully saturated rings. The first-order chi connectivity index (χ1) is 8.00. The summed E-state index contributed by atoms with van der Waals surface area (Å²) in [4.78, 5) is 15.8. The Morgan fingerprint density at radius 3 is 2.82 bits per heavy atom. The first kappa shape index (κ1) is 11.8. The lowest BCUT2D eigenvalue weighted by Crippen LogP contribution is -2.22. The molecular weight excluding hydrogens is 289 g/mol. The zero-order valence-corrected chi connectivity index (χ0v) is 10.5. The molecule has 0 saturated heterocycles. The van der Waals surface area contributed by atoms with E-state index in [-0.39, 0.29) is 16.0 Å². The minimum atomic E-state index is -0.393. The zero-order valence-electron chi connectivity index (χ0n) is 8.95. The van der Waals surface area contributed by atoms with Crippen molar-refractivity contribution in [3.8, 4) is 11.3 Å². The summed E-state index contributed by atoms with van der Waals surface area (Å²) in [6.07, 6.45) is 0. The lowest BCUT2D eigenvalue weighted by molar-refractivity contribution is 0.628. The average molecular weight is 298 g/mol. The van der Waals surface area contributed by atoms with Gasteiger partial charge in [0, 0.05) is 12.6 Å². The van der Waals surface area contributed by atoms with Crippen molar-refractivity contribution < 1.29 is 4.39 Å². The highest BCUT2D eigenvalue weighted by molar-refractivity contribution is 9.10. The van der Waals surface area contributed by atoms with Crippen LogP contribution in [0.4, 0.5) is 10.3 Å². The number of anilines is 1. The molecule has 6 heteroatoms. The Morgan fingerprint density at radius 1 is 1.47 bits per heavy atom. The third-order valence-corrected chi connectivity index (χ3v) is 3.08. The van der Waals surface area contributed by atoms with Gasteiger partial charge in [-0.15, -0.1) is 0 Å². The van der Waals surface area contributed by atoms with Crippen molar-refractivity contribution in [2.45, 2.75) is 0 Å². The van der Waals surface area contributed by atoms with Gasteiger partial charge >= 0.3 is 0 Å². The molecule has 0 radical (unpaired) electrons. The van der Waals surface area contributed by atoms with Gasteiger partial charge in [-0.3, -0.25) is 9.36 Å². The van der Waals surface area contributed by atoms with E-state index in [1.54, 1.807) is 12.1 Å². The Labute approximate surface area is 105 Å².